The molecule has 1 saturated heterocycles. The summed E-state index contributed by atoms with van der Waals surface area (Å²) >= 11 is 6.83. The molecule has 1 amide bonds. The number of halogens is 1. The van der Waals surface area contributed by atoms with Crippen LogP contribution in [-0.4, -0.2) is 33.5 Å². The molecule has 2 rings (SSSR count). The highest BCUT2D eigenvalue weighted by molar-refractivity contribution is 8.23. The predicted octanol–water partition coefficient (Wildman–Crippen LogP) is 3.51. The van der Waals surface area contributed by atoms with Gasteiger partial charge >= 0.3 is 0 Å². The summed E-state index contributed by atoms with van der Waals surface area (Å²) in [5, 5.41) is 2.71. The number of amides is 1. The van der Waals surface area contributed by atoms with Crippen molar-refractivity contribution in [1.29, 1.82) is 0 Å². The Hall–Kier alpha value is -1.14. The molecule has 120 valence electrons. The maximum absolute atomic E-state index is 12.9. The number of rotatable bonds is 4. The molecular formula is C16H21FN2OS2. The van der Waals surface area contributed by atoms with Gasteiger partial charge in [-0.15, -0.1) is 0 Å². The van der Waals surface area contributed by atoms with Gasteiger partial charge in [-0.2, -0.15) is 0 Å². The fraction of sp³-hybridized carbons (Fsp3) is 0.500. The number of carbonyl (C=O) groups is 1. The second-order valence-corrected chi connectivity index (χ2v) is 7.48. The molecule has 1 aromatic rings. The molecule has 0 unspecified atom stereocenters. The largest absolute Gasteiger partial charge is 0.358 e. The summed E-state index contributed by atoms with van der Waals surface area (Å²) in [5.74, 6) is -0.328. The molecule has 1 aliphatic rings. The minimum atomic E-state index is -0.276. The number of hydrogen-bond donors (Lipinski definition) is 1. The van der Waals surface area contributed by atoms with Gasteiger partial charge in [0, 0.05) is 13.1 Å². The van der Waals surface area contributed by atoms with Crippen LogP contribution in [0.2, 0.25) is 0 Å². The van der Waals surface area contributed by atoms with Crippen molar-refractivity contribution in [3.63, 3.8) is 0 Å². The Morgan fingerprint density at radius 2 is 1.86 bits per heavy atom. The zero-order valence-electron chi connectivity index (χ0n) is 12.8. The van der Waals surface area contributed by atoms with Gasteiger partial charge in [-0.25, -0.2) is 4.39 Å². The number of hydrogen-bond acceptors (Lipinski definition) is 3. The molecular weight excluding hydrogens is 319 g/mol. The highest BCUT2D eigenvalue weighted by Crippen LogP contribution is 2.21. The van der Waals surface area contributed by atoms with E-state index in [9.17, 15) is 9.18 Å². The summed E-state index contributed by atoms with van der Waals surface area (Å²) in [7, 11) is 0. The zero-order chi connectivity index (χ0) is 16.1. The van der Waals surface area contributed by atoms with Crippen molar-refractivity contribution in [2.45, 2.75) is 38.0 Å². The van der Waals surface area contributed by atoms with Crippen LogP contribution in [0.5, 0.6) is 0 Å². The van der Waals surface area contributed by atoms with Gasteiger partial charge in [0.05, 0.1) is 11.3 Å². The van der Waals surface area contributed by atoms with Crippen molar-refractivity contribution in [2.24, 2.45) is 0 Å². The first-order valence-electron chi connectivity index (χ1n) is 7.49. The molecule has 1 N–H and O–H groups in total. The minimum absolute atomic E-state index is 0.0524. The predicted molar refractivity (Wildman–Crippen MR) is 93.4 cm³/mol. The van der Waals surface area contributed by atoms with Crippen molar-refractivity contribution in [3.8, 4) is 0 Å². The van der Waals surface area contributed by atoms with Crippen LogP contribution in [0.4, 0.5) is 4.39 Å². The lowest BCUT2D eigenvalue weighted by atomic mass is 10.1. The molecule has 0 aromatic heterocycles. The second-order valence-electron chi connectivity index (χ2n) is 5.50. The molecule has 1 heterocycles. The van der Waals surface area contributed by atoms with Gasteiger partial charge in [-0.05, 0) is 44.4 Å². The van der Waals surface area contributed by atoms with Gasteiger partial charge in [-0.3, -0.25) is 4.79 Å². The van der Waals surface area contributed by atoms with Crippen molar-refractivity contribution in [3.05, 3.63) is 35.6 Å². The normalized spacial score (nSPS) is 17.1. The van der Waals surface area contributed by atoms with Gasteiger partial charge in [0.25, 0.3) is 0 Å². The average molecular weight is 340 g/mol. The Labute approximate surface area is 140 Å². The lowest BCUT2D eigenvalue weighted by Crippen LogP contribution is -2.35. The van der Waals surface area contributed by atoms with Crippen LogP contribution >= 0.6 is 24.0 Å². The van der Waals surface area contributed by atoms with E-state index in [0.717, 1.165) is 23.0 Å². The number of thioether (sulfide) groups is 1. The van der Waals surface area contributed by atoms with E-state index in [1.54, 1.807) is 12.1 Å². The molecule has 22 heavy (non-hydrogen) atoms. The van der Waals surface area contributed by atoms with E-state index in [4.69, 9.17) is 12.2 Å². The Bertz CT molecular complexity index is 529. The third kappa shape index (κ3) is 4.68. The quantitative estimate of drug-likeness (QED) is 0.850. The Morgan fingerprint density at radius 3 is 2.45 bits per heavy atom. The maximum Gasteiger partial charge on any atom is 0.233 e. The van der Waals surface area contributed by atoms with Crippen molar-refractivity contribution < 1.29 is 9.18 Å². The van der Waals surface area contributed by atoms with Gasteiger partial charge in [-0.1, -0.05) is 36.1 Å². The number of thiocarbonyl (C=S) groups is 1. The second kappa shape index (κ2) is 7.92. The lowest BCUT2D eigenvalue weighted by molar-refractivity contribution is -0.120. The smallest absolute Gasteiger partial charge is 0.233 e. The molecule has 0 radical (unpaired) electrons. The number of benzene rings is 1. The van der Waals surface area contributed by atoms with E-state index in [2.05, 4.69) is 10.2 Å². The Balaban J connectivity index is 1.85. The van der Waals surface area contributed by atoms with E-state index in [1.807, 2.05) is 13.8 Å². The molecule has 0 aliphatic carbocycles. The molecule has 1 aromatic carbocycles. The highest BCUT2D eigenvalue weighted by atomic mass is 32.2. The number of nitrogens with one attached hydrogen (secondary N) is 1. The Kier molecular flexibility index (Phi) is 6.20. The molecule has 6 heteroatoms. The topological polar surface area (TPSA) is 32.3 Å². The number of likely N-dealkylation sites (tertiary alicyclic amines) is 1. The van der Waals surface area contributed by atoms with Gasteiger partial charge in [0.15, 0.2) is 0 Å². The molecule has 0 saturated carbocycles. The Morgan fingerprint density at radius 1 is 1.27 bits per heavy atom. The summed E-state index contributed by atoms with van der Waals surface area (Å²) in [5.41, 5.74) is 0.883. The lowest BCUT2D eigenvalue weighted by Gasteiger charge is -2.22. The molecule has 3 nitrogen and oxygen atoms in total. The van der Waals surface area contributed by atoms with Crippen LogP contribution in [-0.2, 0) is 4.79 Å². The fourth-order valence-corrected chi connectivity index (χ4v) is 3.77. The molecule has 0 bridgehead atoms. The van der Waals surface area contributed by atoms with Crippen molar-refractivity contribution >= 4 is 34.2 Å². The minimum Gasteiger partial charge on any atom is -0.358 e. The first-order chi connectivity index (χ1) is 10.5. The first-order valence-corrected chi connectivity index (χ1v) is 8.77. The SMILES string of the molecule is C[C@H](NC(=O)[C@@H](C)SC(=S)N1CCCC1)c1ccc(F)cc1. The van der Waals surface area contributed by atoms with Crippen LogP contribution < -0.4 is 5.32 Å². The number of nitrogens with zero attached hydrogens (tertiary/aromatic N) is 1. The molecule has 2 atom stereocenters. The van der Waals surface area contributed by atoms with E-state index in [0.29, 0.717) is 0 Å². The molecule has 1 fully saturated rings. The van der Waals surface area contributed by atoms with Gasteiger partial charge in [0.2, 0.25) is 5.91 Å². The van der Waals surface area contributed by atoms with Crippen LogP contribution in [0.15, 0.2) is 24.3 Å². The molecule has 0 spiro atoms. The van der Waals surface area contributed by atoms with Crippen molar-refractivity contribution in [1.82, 2.24) is 10.2 Å². The zero-order valence-corrected chi connectivity index (χ0v) is 14.5. The highest BCUT2D eigenvalue weighted by Gasteiger charge is 2.22. The fourth-order valence-electron chi connectivity index (χ4n) is 2.34. The van der Waals surface area contributed by atoms with E-state index in [-0.39, 0.29) is 23.0 Å². The summed E-state index contributed by atoms with van der Waals surface area (Å²) in [6.07, 6.45) is 2.34. The standard InChI is InChI=1S/C16H21FN2OS2/c1-11(13-5-7-14(17)8-6-13)18-15(20)12(2)22-16(21)19-9-3-4-10-19/h5-8,11-12H,3-4,9-10H2,1-2H3,(H,18,20)/t11-,12+/m0/s1. The maximum atomic E-state index is 12.9. The summed E-state index contributed by atoms with van der Waals surface area (Å²) in [6.45, 7) is 5.74. The molecule has 1 aliphatic heterocycles. The van der Waals surface area contributed by atoms with Crippen LogP contribution in [0.1, 0.15) is 38.3 Å². The monoisotopic (exact) mass is 340 g/mol. The third-order valence-corrected chi connectivity index (χ3v) is 5.31. The summed E-state index contributed by atoms with van der Waals surface area (Å²) in [6, 6.07) is 6.02. The first kappa shape index (κ1) is 17.2. The van der Waals surface area contributed by atoms with E-state index >= 15 is 0 Å². The average Bonchev–Trinajstić information content (AvgIpc) is 3.02. The van der Waals surface area contributed by atoms with Crippen LogP contribution in [0, 0.1) is 5.82 Å². The summed E-state index contributed by atoms with van der Waals surface area (Å²) < 4.78 is 13.7. The van der Waals surface area contributed by atoms with Crippen LogP contribution in [0.25, 0.3) is 0 Å². The van der Waals surface area contributed by atoms with Gasteiger partial charge < -0.3 is 10.2 Å². The van der Waals surface area contributed by atoms with Crippen LogP contribution in [0.3, 0.4) is 0 Å². The summed E-state index contributed by atoms with van der Waals surface area (Å²) in [4.78, 5) is 14.4. The van der Waals surface area contributed by atoms with Gasteiger partial charge in [0.1, 0.15) is 10.1 Å². The third-order valence-electron chi connectivity index (χ3n) is 3.74. The van der Waals surface area contributed by atoms with E-state index < -0.39 is 0 Å². The van der Waals surface area contributed by atoms with E-state index in [1.165, 1.54) is 36.7 Å². The van der Waals surface area contributed by atoms with Crippen molar-refractivity contribution in [2.75, 3.05) is 13.1 Å². The number of carbonyl (C=O) groups excluding carboxylic acids is 1.